The molecule has 0 unspecified atom stereocenters. The Morgan fingerprint density at radius 1 is 1.26 bits per heavy atom. The number of aryl methyl sites for hydroxylation is 2. The number of hydrogen-bond acceptors (Lipinski definition) is 4. The molecule has 0 bridgehead atoms. The van der Waals surface area contributed by atoms with E-state index in [2.05, 4.69) is 15.8 Å². The van der Waals surface area contributed by atoms with Crippen LogP contribution in [-0.4, -0.2) is 35.1 Å². The summed E-state index contributed by atoms with van der Waals surface area (Å²) in [6.45, 7) is 4.70. The number of halogens is 1. The number of anilines is 1. The molecule has 1 aromatic heterocycles. The number of nitrogens with zero attached hydrogens (tertiary/aromatic N) is 2. The topological polar surface area (TPSA) is 87.5 Å². The van der Waals surface area contributed by atoms with Crippen LogP contribution in [0.1, 0.15) is 29.7 Å². The molecule has 144 valence electrons. The number of carbonyl (C=O) groups excluding carboxylic acids is 2. The van der Waals surface area contributed by atoms with E-state index in [1.165, 1.54) is 6.07 Å². The summed E-state index contributed by atoms with van der Waals surface area (Å²) < 4.78 is 18.5. The van der Waals surface area contributed by atoms with Crippen LogP contribution in [0, 0.1) is 25.6 Å². The van der Waals surface area contributed by atoms with Crippen molar-refractivity contribution in [3.63, 3.8) is 0 Å². The van der Waals surface area contributed by atoms with Gasteiger partial charge < -0.3 is 20.1 Å². The van der Waals surface area contributed by atoms with Crippen molar-refractivity contribution < 1.29 is 18.5 Å². The maximum atomic E-state index is 13.6. The Bertz CT molecular complexity index is 828. The number of rotatable bonds is 4. The molecule has 2 heterocycles. The zero-order valence-electron chi connectivity index (χ0n) is 15.4. The molecule has 8 heteroatoms. The van der Waals surface area contributed by atoms with Crippen LogP contribution in [0.2, 0.25) is 0 Å². The number of aromatic nitrogens is 1. The Kier molecular flexibility index (Phi) is 5.73. The highest BCUT2D eigenvalue weighted by Gasteiger charge is 2.27. The standard InChI is InChI=1S/C19H23FN4O3/c1-12-3-4-14(10-16(12)20)11-21-19(26)24-7-5-15(6-8-24)18(25)22-17-9-13(2)27-23-17/h3-4,9-10,15H,5-8,11H2,1-2H3,(H,21,26)(H,22,23,25). The fraction of sp³-hybridized carbons (Fsp3) is 0.421. The van der Waals surface area contributed by atoms with E-state index in [0.29, 0.717) is 48.6 Å². The first-order chi connectivity index (χ1) is 12.9. The van der Waals surface area contributed by atoms with Gasteiger partial charge in [-0.2, -0.15) is 0 Å². The maximum Gasteiger partial charge on any atom is 0.317 e. The fourth-order valence-corrected chi connectivity index (χ4v) is 3.03. The number of carbonyl (C=O) groups is 2. The van der Waals surface area contributed by atoms with Crippen LogP contribution in [0.4, 0.5) is 15.0 Å². The van der Waals surface area contributed by atoms with Gasteiger partial charge in [0.15, 0.2) is 5.82 Å². The molecule has 7 nitrogen and oxygen atoms in total. The molecule has 0 aliphatic carbocycles. The second-order valence-corrected chi connectivity index (χ2v) is 6.82. The van der Waals surface area contributed by atoms with Gasteiger partial charge in [0.1, 0.15) is 11.6 Å². The van der Waals surface area contributed by atoms with Crippen LogP contribution in [0.25, 0.3) is 0 Å². The normalized spacial score (nSPS) is 14.9. The summed E-state index contributed by atoms with van der Waals surface area (Å²) in [6, 6.07) is 6.37. The van der Waals surface area contributed by atoms with Gasteiger partial charge in [-0.05, 0) is 43.9 Å². The van der Waals surface area contributed by atoms with Gasteiger partial charge in [0.25, 0.3) is 0 Å². The van der Waals surface area contributed by atoms with E-state index in [0.717, 1.165) is 0 Å². The minimum Gasteiger partial charge on any atom is -0.360 e. The second-order valence-electron chi connectivity index (χ2n) is 6.82. The molecule has 27 heavy (non-hydrogen) atoms. The Balaban J connectivity index is 1.44. The lowest BCUT2D eigenvalue weighted by Gasteiger charge is -2.31. The van der Waals surface area contributed by atoms with Crippen LogP contribution < -0.4 is 10.6 Å². The molecular formula is C19H23FN4O3. The van der Waals surface area contributed by atoms with Gasteiger partial charge in [-0.3, -0.25) is 4.79 Å². The van der Waals surface area contributed by atoms with Gasteiger partial charge in [-0.15, -0.1) is 0 Å². The van der Waals surface area contributed by atoms with Gasteiger partial charge in [-0.1, -0.05) is 17.3 Å². The quantitative estimate of drug-likeness (QED) is 0.861. The summed E-state index contributed by atoms with van der Waals surface area (Å²) in [5.41, 5.74) is 1.29. The minimum absolute atomic E-state index is 0.113. The molecule has 0 spiro atoms. The largest absolute Gasteiger partial charge is 0.360 e. The van der Waals surface area contributed by atoms with Crippen LogP contribution in [0.5, 0.6) is 0 Å². The van der Waals surface area contributed by atoms with Crippen molar-refractivity contribution in [2.75, 3.05) is 18.4 Å². The number of likely N-dealkylation sites (tertiary alicyclic amines) is 1. The van der Waals surface area contributed by atoms with Gasteiger partial charge >= 0.3 is 6.03 Å². The Labute approximate surface area is 156 Å². The molecular weight excluding hydrogens is 351 g/mol. The van der Waals surface area contributed by atoms with Gasteiger partial charge in [0.2, 0.25) is 5.91 Å². The zero-order chi connectivity index (χ0) is 19.4. The maximum absolute atomic E-state index is 13.6. The van der Waals surface area contributed by atoms with E-state index in [1.807, 2.05) is 0 Å². The lowest BCUT2D eigenvalue weighted by atomic mass is 9.96. The van der Waals surface area contributed by atoms with Crippen molar-refractivity contribution in [1.29, 1.82) is 0 Å². The third-order valence-corrected chi connectivity index (χ3v) is 4.71. The highest BCUT2D eigenvalue weighted by atomic mass is 19.1. The first-order valence-electron chi connectivity index (χ1n) is 8.94. The molecule has 1 saturated heterocycles. The van der Waals surface area contributed by atoms with Gasteiger partial charge in [-0.25, -0.2) is 9.18 Å². The molecule has 1 fully saturated rings. The van der Waals surface area contributed by atoms with Crippen LogP contribution in [0.15, 0.2) is 28.8 Å². The number of nitrogens with one attached hydrogen (secondary N) is 2. The zero-order valence-corrected chi connectivity index (χ0v) is 15.4. The van der Waals surface area contributed by atoms with Crippen molar-refractivity contribution in [2.24, 2.45) is 5.92 Å². The predicted molar refractivity (Wildman–Crippen MR) is 97.5 cm³/mol. The minimum atomic E-state index is -0.282. The summed E-state index contributed by atoms with van der Waals surface area (Å²) in [4.78, 5) is 26.2. The van der Waals surface area contributed by atoms with Crippen molar-refractivity contribution in [3.05, 3.63) is 47.0 Å². The molecule has 1 aliphatic heterocycles. The van der Waals surface area contributed by atoms with Gasteiger partial charge in [0.05, 0.1) is 0 Å². The average Bonchev–Trinajstić information content (AvgIpc) is 3.07. The highest BCUT2D eigenvalue weighted by molar-refractivity contribution is 5.91. The van der Waals surface area contributed by atoms with Crippen molar-refractivity contribution >= 4 is 17.8 Å². The molecule has 1 aromatic carbocycles. The number of benzene rings is 1. The van der Waals surface area contributed by atoms with E-state index < -0.39 is 0 Å². The summed E-state index contributed by atoms with van der Waals surface area (Å²) in [7, 11) is 0. The number of urea groups is 1. The van der Waals surface area contributed by atoms with E-state index in [9.17, 15) is 14.0 Å². The molecule has 1 aliphatic rings. The Hall–Kier alpha value is -2.90. The van der Waals surface area contributed by atoms with Crippen LogP contribution in [0.3, 0.4) is 0 Å². The van der Waals surface area contributed by atoms with Crippen molar-refractivity contribution in [1.82, 2.24) is 15.4 Å². The summed E-state index contributed by atoms with van der Waals surface area (Å²) in [6.07, 6.45) is 1.16. The van der Waals surface area contributed by atoms with Gasteiger partial charge in [0, 0.05) is 31.6 Å². The molecule has 2 aromatic rings. The fourth-order valence-electron chi connectivity index (χ4n) is 3.03. The SMILES string of the molecule is Cc1cc(NC(=O)C2CCN(C(=O)NCc3ccc(C)c(F)c3)CC2)no1. The summed E-state index contributed by atoms with van der Waals surface area (Å²) >= 11 is 0. The second kappa shape index (κ2) is 8.20. The first kappa shape index (κ1) is 18.9. The summed E-state index contributed by atoms with van der Waals surface area (Å²) in [5, 5.41) is 9.28. The Morgan fingerprint density at radius 3 is 2.63 bits per heavy atom. The van der Waals surface area contributed by atoms with E-state index in [1.54, 1.807) is 36.9 Å². The smallest absolute Gasteiger partial charge is 0.317 e. The Morgan fingerprint density at radius 2 is 2.00 bits per heavy atom. The highest BCUT2D eigenvalue weighted by Crippen LogP contribution is 2.20. The van der Waals surface area contributed by atoms with Crippen LogP contribution in [-0.2, 0) is 11.3 Å². The van der Waals surface area contributed by atoms with Crippen molar-refractivity contribution in [3.8, 4) is 0 Å². The molecule has 0 radical (unpaired) electrons. The van der Waals surface area contributed by atoms with Crippen molar-refractivity contribution in [2.45, 2.75) is 33.2 Å². The first-order valence-corrected chi connectivity index (χ1v) is 8.94. The number of piperidine rings is 1. The predicted octanol–water partition coefficient (Wildman–Crippen LogP) is 2.99. The van der Waals surface area contributed by atoms with E-state index >= 15 is 0 Å². The molecule has 3 rings (SSSR count). The molecule has 0 saturated carbocycles. The summed E-state index contributed by atoms with van der Waals surface area (Å²) in [5.74, 6) is 0.472. The molecule has 3 amide bonds. The molecule has 2 N–H and O–H groups in total. The average molecular weight is 374 g/mol. The lowest BCUT2D eigenvalue weighted by Crippen LogP contribution is -2.45. The molecule has 0 atom stereocenters. The van der Waals surface area contributed by atoms with E-state index in [-0.39, 0.29) is 30.2 Å². The van der Waals surface area contributed by atoms with Crippen LogP contribution >= 0.6 is 0 Å². The lowest BCUT2D eigenvalue weighted by molar-refractivity contribution is -0.121. The third kappa shape index (κ3) is 4.84. The van der Waals surface area contributed by atoms with E-state index in [4.69, 9.17) is 4.52 Å². The third-order valence-electron chi connectivity index (χ3n) is 4.71. The monoisotopic (exact) mass is 374 g/mol. The number of amides is 3. The number of hydrogen-bond donors (Lipinski definition) is 2.